The number of hydrogen-bond donors (Lipinski definition) is 3. The molecule has 6 rings (SSSR count). The highest BCUT2D eigenvalue weighted by atomic mass is 19.1. The minimum absolute atomic E-state index is 0.0159. The molecule has 3 aromatic carbocycles. The molecule has 0 aliphatic heterocycles. The molecule has 3 N–H and O–H groups in total. The van der Waals surface area contributed by atoms with E-state index in [9.17, 15) is 19.8 Å². The molecule has 6 nitrogen and oxygen atoms in total. The number of anilines is 1. The summed E-state index contributed by atoms with van der Waals surface area (Å²) in [6.45, 7) is 4.83. The molecule has 0 heterocycles. The summed E-state index contributed by atoms with van der Waals surface area (Å²) in [7, 11) is 0. The Morgan fingerprint density at radius 3 is 2.47 bits per heavy atom. The van der Waals surface area contributed by atoms with Crippen LogP contribution in [0, 0.1) is 23.2 Å². The number of unbranched alkanes of at least 4 members (excludes halogenated alkanes) is 1. The second-order valence-corrected chi connectivity index (χ2v) is 14.5. The van der Waals surface area contributed by atoms with E-state index in [-0.39, 0.29) is 41.2 Å². The van der Waals surface area contributed by atoms with Crippen molar-refractivity contribution in [2.45, 2.75) is 89.8 Å². The molecule has 7 heteroatoms. The predicted octanol–water partition coefficient (Wildman–Crippen LogP) is 7.69. The molecule has 0 aromatic heterocycles. The van der Waals surface area contributed by atoms with E-state index >= 15 is 4.39 Å². The number of phenols is 1. The zero-order valence-electron chi connectivity index (χ0n) is 27.7. The normalized spacial score (nSPS) is 27.7. The van der Waals surface area contributed by atoms with Gasteiger partial charge in [0.1, 0.15) is 11.9 Å². The first-order valence-electron chi connectivity index (χ1n) is 17.5. The van der Waals surface area contributed by atoms with Crippen molar-refractivity contribution in [2.24, 2.45) is 23.2 Å². The monoisotopic (exact) mass is 640 g/mol. The second-order valence-electron chi connectivity index (χ2n) is 14.5. The molecule has 47 heavy (non-hydrogen) atoms. The highest BCUT2D eigenvalue weighted by Crippen LogP contribution is 2.63. The number of halogens is 1. The molecule has 0 radical (unpaired) electrons. The Morgan fingerprint density at radius 1 is 0.979 bits per heavy atom. The van der Waals surface area contributed by atoms with Crippen LogP contribution in [0.4, 0.5) is 10.1 Å². The molecule has 3 aromatic rings. The first kappa shape index (κ1) is 33.2. The third-order valence-corrected chi connectivity index (χ3v) is 11.5. The molecule has 6 unspecified atom stereocenters. The summed E-state index contributed by atoms with van der Waals surface area (Å²) in [4.78, 5) is 27.2. The molecule has 0 saturated heterocycles. The maximum Gasteiger partial charge on any atom is 0.253 e. The Kier molecular flexibility index (Phi) is 10.0. The fourth-order valence-electron chi connectivity index (χ4n) is 9.26. The molecule has 250 valence electrons. The van der Waals surface area contributed by atoms with Gasteiger partial charge in [-0.25, -0.2) is 4.39 Å². The molecule has 2 fully saturated rings. The van der Waals surface area contributed by atoms with Crippen LogP contribution < -0.4 is 5.32 Å². The van der Waals surface area contributed by atoms with Crippen molar-refractivity contribution in [1.29, 1.82) is 0 Å². The van der Waals surface area contributed by atoms with E-state index in [0.29, 0.717) is 30.8 Å². The van der Waals surface area contributed by atoms with Crippen molar-refractivity contribution in [3.63, 3.8) is 0 Å². The zero-order valence-corrected chi connectivity index (χ0v) is 27.7. The van der Waals surface area contributed by atoms with E-state index in [2.05, 4.69) is 24.4 Å². The number of amides is 2. The van der Waals surface area contributed by atoms with E-state index < -0.39 is 17.7 Å². The van der Waals surface area contributed by atoms with Gasteiger partial charge in [-0.2, -0.15) is 0 Å². The van der Waals surface area contributed by atoms with Crippen LogP contribution in [0.25, 0.3) is 0 Å². The Balaban J connectivity index is 1.15. The lowest BCUT2D eigenvalue weighted by Gasteiger charge is -2.54. The average molecular weight is 641 g/mol. The third kappa shape index (κ3) is 7.11. The van der Waals surface area contributed by atoms with Gasteiger partial charge >= 0.3 is 0 Å². The fraction of sp³-hybridized carbons (Fsp3) is 0.500. The maximum atomic E-state index is 16.2. The number of nitrogens with zero attached hydrogens (tertiary/aromatic N) is 1. The van der Waals surface area contributed by atoms with Gasteiger partial charge in [0.2, 0.25) is 5.91 Å². The molecular formula is C40H49FN2O4. The van der Waals surface area contributed by atoms with Gasteiger partial charge in [-0.1, -0.05) is 49.7 Å². The van der Waals surface area contributed by atoms with Crippen molar-refractivity contribution in [2.75, 3.05) is 18.4 Å². The Morgan fingerprint density at radius 2 is 1.72 bits per heavy atom. The number of nitrogens with one attached hydrogen (secondary N) is 1. The van der Waals surface area contributed by atoms with Gasteiger partial charge in [0, 0.05) is 37.2 Å². The number of aliphatic hydroxyl groups excluding tert-OH is 1. The lowest BCUT2D eigenvalue weighted by molar-refractivity contribution is -0.114. The van der Waals surface area contributed by atoms with Crippen LogP contribution in [0.5, 0.6) is 5.75 Å². The topological polar surface area (TPSA) is 89.9 Å². The summed E-state index contributed by atoms with van der Waals surface area (Å²) >= 11 is 0. The minimum Gasteiger partial charge on any atom is -0.508 e. The summed E-state index contributed by atoms with van der Waals surface area (Å²) in [5.74, 6) is 0.540. The number of rotatable bonds is 11. The molecule has 2 saturated carbocycles. The number of aliphatic hydroxyl groups is 1. The van der Waals surface area contributed by atoms with Gasteiger partial charge in [-0.3, -0.25) is 9.59 Å². The van der Waals surface area contributed by atoms with E-state index in [1.165, 1.54) is 12.5 Å². The van der Waals surface area contributed by atoms with Gasteiger partial charge in [-0.05, 0) is 128 Å². The van der Waals surface area contributed by atoms with Crippen molar-refractivity contribution >= 4 is 17.5 Å². The number of phenolic OH excluding ortho intramolecular Hbond substituents is 1. The van der Waals surface area contributed by atoms with Crippen LogP contribution in [-0.4, -0.2) is 52.3 Å². The summed E-state index contributed by atoms with van der Waals surface area (Å²) in [6, 6.07) is 22.8. The van der Waals surface area contributed by atoms with Crippen LogP contribution in [0.1, 0.15) is 91.8 Å². The van der Waals surface area contributed by atoms with Crippen molar-refractivity contribution in [3.8, 4) is 5.75 Å². The smallest absolute Gasteiger partial charge is 0.253 e. The van der Waals surface area contributed by atoms with Gasteiger partial charge in [0.05, 0.1) is 6.10 Å². The number of carbonyl (C=O) groups is 2. The molecule has 0 bridgehead atoms. The number of fused-ring (bicyclic) bond motifs is 5. The van der Waals surface area contributed by atoms with Gasteiger partial charge in [-0.15, -0.1) is 0 Å². The van der Waals surface area contributed by atoms with Crippen LogP contribution >= 0.6 is 0 Å². The molecule has 7 atom stereocenters. The molecule has 2 amide bonds. The summed E-state index contributed by atoms with van der Waals surface area (Å²) in [5.41, 5.74) is 4.21. The van der Waals surface area contributed by atoms with Crippen LogP contribution in [0.3, 0.4) is 0 Å². The maximum absolute atomic E-state index is 16.2. The first-order chi connectivity index (χ1) is 22.6. The lowest BCUT2D eigenvalue weighted by atomic mass is 9.51. The highest BCUT2D eigenvalue weighted by Gasteiger charge is 2.59. The summed E-state index contributed by atoms with van der Waals surface area (Å²) in [5, 5.41) is 24.0. The second kappa shape index (κ2) is 14.2. The largest absolute Gasteiger partial charge is 0.508 e. The quantitative estimate of drug-likeness (QED) is 0.188. The number of hydrogen-bond acceptors (Lipinski definition) is 4. The number of alkyl halides is 1. The summed E-state index contributed by atoms with van der Waals surface area (Å²) < 4.78 is 16.2. The van der Waals surface area contributed by atoms with Gasteiger partial charge in [0.25, 0.3) is 5.91 Å². The molecular weight excluding hydrogens is 591 g/mol. The van der Waals surface area contributed by atoms with Gasteiger partial charge in [0.15, 0.2) is 0 Å². The van der Waals surface area contributed by atoms with E-state index in [0.717, 1.165) is 62.5 Å². The van der Waals surface area contributed by atoms with E-state index in [1.54, 1.807) is 30.3 Å². The SMILES string of the molecule is CC(=O)Nc1ccc(C(=O)N(CCCCC2Cc3cc(O)ccc3C3C(F)C[C@]4(C)C(O)CCC4C23)CCCc2ccccc2)cc1. The van der Waals surface area contributed by atoms with Crippen molar-refractivity contribution in [1.82, 2.24) is 4.90 Å². The number of carbonyl (C=O) groups excluding carboxylic acids is 2. The third-order valence-electron chi connectivity index (χ3n) is 11.5. The standard InChI is InChI=1S/C40H49FN2O4/c1-26(44)42-31-15-13-28(14-16-31)39(47)43(22-8-11-27-9-4-3-5-10-27)21-7-6-12-29-23-30-24-32(45)17-18-33(30)38-35(41)25-40(2)34(37(29)38)19-20-36(40)46/h3-5,9-10,13-18,24,29,34-38,45-46H,6-8,11-12,19-23,25H2,1-2H3,(H,42,44)/t29?,34?,35?,36?,37?,38?,40-/m0/s1. The lowest BCUT2D eigenvalue weighted by Crippen LogP contribution is -2.51. The highest BCUT2D eigenvalue weighted by molar-refractivity contribution is 5.95. The van der Waals surface area contributed by atoms with Crippen LogP contribution in [0.2, 0.25) is 0 Å². The molecule has 0 spiro atoms. The molecule has 3 aliphatic carbocycles. The predicted molar refractivity (Wildman–Crippen MR) is 183 cm³/mol. The summed E-state index contributed by atoms with van der Waals surface area (Å²) in [6.07, 6.45) is 5.79. The Hall–Kier alpha value is -3.71. The Bertz CT molecular complexity index is 1550. The van der Waals surface area contributed by atoms with E-state index in [4.69, 9.17) is 0 Å². The van der Waals surface area contributed by atoms with Crippen LogP contribution in [-0.2, 0) is 17.6 Å². The minimum atomic E-state index is -1.02. The number of aromatic hydroxyl groups is 1. The van der Waals surface area contributed by atoms with E-state index in [1.807, 2.05) is 35.2 Å². The van der Waals surface area contributed by atoms with Crippen molar-refractivity contribution < 1.29 is 24.2 Å². The zero-order chi connectivity index (χ0) is 33.1. The average Bonchev–Trinajstić information content (AvgIpc) is 3.35. The van der Waals surface area contributed by atoms with Crippen LogP contribution in [0.15, 0.2) is 72.8 Å². The number of benzene rings is 3. The fourth-order valence-corrected chi connectivity index (χ4v) is 9.26. The Labute approximate surface area is 278 Å². The van der Waals surface area contributed by atoms with Crippen molar-refractivity contribution in [3.05, 3.63) is 95.1 Å². The molecule has 3 aliphatic rings. The number of aryl methyl sites for hydroxylation is 1. The van der Waals surface area contributed by atoms with Gasteiger partial charge < -0.3 is 20.4 Å². The first-order valence-corrected chi connectivity index (χ1v) is 17.5.